The predicted octanol–water partition coefficient (Wildman–Crippen LogP) is 3.71. The molecule has 1 amide bonds. The van der Waals surface area contributed by atoms with Gasteiger partial charge in [0.15, 0.2) is 5.75 Å². The van der Waals surface area contributed by atoms with Crippen LogP contribution < -0.4 is 24.4 Å². The van der Waals surface area contributed by atoms with Gasteiger partial charge in [-0.2, -0.15) is 18.2 Å². The van der Waals surface area contributed by atoms with Gasteiger partial charge >= 0.3 is 6.18 Å². The second-order valence-corrected chi connectivity index (χ2v) is 12.3. The van der Waals surface area contributed by atoms with Crippen molar-refractivity contribution in [3.63, 3.8) is 0 Å². The average molecular weight is 585 g/mol. The van der Waals surface area contributed by atoms with E-state index in [-0.39, 0.29) is 28.7 Å². The van der Waals surface area contributed by atoms with Crippen molar-refractivity contribution >= 4 is 33.1 Å². The number of carbonyl (C=O) groups is 1. The minimum Gasteiger partial charge on any atom is -0.487 e. The van der Waals surface area contributed by atoms with Crippen LogP contribution >= 0.6 is 0 Å². The van der Waals surface area contributed by atoms with Gasteiger partial charge in [-0.05, 0) is 55.4 Å². The number of piperidine rings is 1. The first-order valence-electron chi connectivity index (χ1n) is 13.1. The molecule has 1 spiro atoms. The first-order chi connectivity index (χ1) is 19.0. The van der Waals surface area contributed by atoms with Crippen LogP contribution in [0.25, 0.3) is 0 Å². The molecule has 1 aliphatic carbocycles. The number of halogens is 3. The fraction of sp³-hybridized carbons (Fsp3) is 0.538. The number of hydrogen-bond donors (Lipinski definition) is 3. The molecule has 10 nitrogen and oxygen atoms in total. The number of aromatic nitrogens is 1. The smallest absolute Gasteiger partial charge is 0.392 e. The maximum Gasteiger partial charge on any atom is 0.392 e. The van der Waals surface area contributed by atoms with Crippen LogP contribution in [-0.2, 0) is 16.4 Å². The number of aliphatic hydroxyl groups is 1. The number of aliphatic hydroxyl groups excluding tert-OH is 1. The van der Waals surface area contributed by atoms with Gasteiger partial charge in [0.1, 0.15) is 5.82 Å². The molecule has 1 saturated heterocycles. The van der Waals surface area contributed by atoms with Crippen LogP contribution in [0.5, 0.6) is 11.6 Å². The van der Waals surface area contributed by atoms with Gasteiger partial charge in [-0.1, -0.05) is 0 Å². The van der Waals surface area contributed by atoms with E-state index in [0.717, 1.165) is 12.8 Å². The number of alkyl halides is 3. The lowest BCUT2D eigenvalue weighted by Gasteiger charge is -2.35. The molecule has 14 heteroatoms. The van der Waals surface area contributed by atoms with Gasteiger partial charge in [0.2, 0.25) is 10.0 Å². The Kier molecular flexibility index (Phi) is 7.75. The highest BCUT2D eigenvalue weighted by Gasteiger charge is 2.44. The number of ether oxygens (including phenoxy) is 2. The molecular weight excluding hydrogens is 553 g/mol. The Morgan fingerprint density at radius 1 is 1.18 bits per heavy atom. The highest BCUT2D eigenvalue weighted by atomic mass is 32.2. The number of anilines is 3. The zero-order valence-electron chi connectivity index (χ0n) is 21.7. The van der Waals surface area contributed by atoms with E-state index in [1.807, 2.05) is 0 Å². The molecule has 0 unspecified atom stereocenters. The zero-order valence-corrected chi connectivity index (χ0v) is 22.5. The predicted molar refractivity (Wildman–Crippen MR) is 142 cm³/mol. The number of pyridine rings is 1. The number of nitrogens with one attached hydrogen (secondary N) is 2. The maximum atomic E-state index is 13.5. The van der Waals surface area contributed by atoms with E-state index in [2.05, 4.69) is 19.9 Å². The SMILES string of the molecule is O=C(Nc1cc2c(c(OCCC(F)(F)F)n1)OCC2)c1ccc(NS(=O)(=O)CCO)cc1N1CCC2(CC1)CC2. The van der Waals surface area contributed by atoms with E-state index >= 15 is 0 Å². The molecule has 0 bridgehead atoms. The second-order valence-electron chi connectivity index (χ2n) is 10.4. The van der Waals surface area contributed by atoms with Gasteiger partial charge in [-0.15, -0.1) is 0 Å². The third-order valence-corrected chi connectivity index (χ3v) is 8.77. The summed E-state index contributed by atoms with van der Waals surface area (Å²) in [6.45, 7) is 0.561. The number of hydrogen-bond acceptors (Lipinski definition) is 8. The summed E-state index contributed by atoms with van der Waals surface area (Å²) >= 11 is 0. The van der Waals surface area contributed by atoms with Gasteiger partial charge in [0.25, 0.3) is 11.8 Å². The summed E-state index contributed by atoms with van der Waals surface area (Å²) in [6.07, 6.45) is -0.737. The number of fused-ring (bicyclic) bond motifs is 1. The molecule has 218 valence electrons. The summed E-state index contributed by atoms with van der Waals surface area (Å²) in [4.78, 5) is 19.8. The van der Waals surface area contributed by atoms with Crippen LogP contribution in [0, 0.1) is 5.41 Å². The number of nitrogens with zero attached hydrogens (tertiary/aromatic N) is 2. The van der Waals surface area contributed by atoms with Crippen molar-refractivity contribution in [2.75, 3.05) is 53.6 Å². The summed E-state index contributed by atoms with van der Waals surface area (Å²) in [5, 5.41) is 11.8. The van der Waals surface area contributed by atoms with Crippen molar-refractivity contribution in [3.05, 3.63) is 35.4 Å². The topological polar surface area (TPSA) is 130 Å². The molecule has 40 heavy (non-hydrogen) atoms. The van der Waals surface area contributed by atoms with Crippen molar-refractivity contribution < 1.29 is 41.0 Å². The lowest BCUT2D eigenvalue weighted by molar-refractivity contribution is -0.139. The molecule has 3 aliphatic rings. The van der Waals surface area contributed by atoms with Gasteiger partial charge in [0.05, 0.1) is 48.9 Å². The molecule has 2 fully saturated rings. The van der Waals surface area contributed by atoms with Crippen molar-refractivity contribution in [2.24, 2.45) is 5.41 Å². The number of sulfonamides is 1. The molecular formula is C26H31F3N4O6S. The van der Waals surface area contributed by atoms with Crippen molar-refractivity contribution in [2.45, 2.75) is 44.7 Å². The molecule has 5 rings (SSSR count). The van der Waals surface area contributed by atoms with Gasteiger partial charge in [-0.3, -0.25) is 9.52 Å². The van der Waals surface area contributed by atoms with Crippen LogP contribution in [0.3, 0.4) is 0 Å². The van der Waals surface area contributed by atoms with E-state index in [9.17, 15) is 26.4 Å². The van der Waals surface area contributed by atoms with Crippen LogP contribution in [0.2, 0.25) is 0 Å². The highest BCUT2D eigenvalue weighted by Crippen LogP contribution is 2.54. The largest absolute Gasteiger partial charge is 0.487 e. The van der Waals surface area contributed by atoms with Gasteiger partial charge in [0, 0.05) is 25.1 Å². The van der Waals surface area contributed by atoms with Crippen molar-refractivity contribution in [1.29, 1.82) is 0 Å². The summed E-state index contributed by atoms with van der Waals surface area (Å²) in [6, 6.07) is 6.19. The lowest BCUT2D eigenvalue weighted by atomic mass is 9.93. The number of amides is 1. The second kappa shape index (κ2) is 11.0. The summed E-state index contributed by atoms with van der Waals surface area (Å²) in [5.41, 5.74) is 2.13. The third-order valence-electron chi connectivity index (χ3n) is 7.50. The minimum atomic E-state index is -4.39. The molecule has 0 atom stereocenters. The monoisotopic (exact) mass is 584 g/mol. The maximum absolute atomic E-state index is 13.5. The molecule has 1 aromatic carbocycles. The Hall–Kier alpha value is -3.26. The van der Waals surface area contributed by atoms with E-state index < -0.39 is 47.5 Å². The number of carbonyl (C=O) groups excluding carboxylic acids is 1. The third kappa shape index (κ3) is 6.72. The Bertz CT molecular complexity index is 1370. The first kappa shape index (κ1) is 28.3. The van der Waals surface area contributed by atoms with Crippen molar-refractivity contribution in [3.8, 4) is 11.6 Å². The van der Waals surface area contributed by atoms with Crippen LogP contribution in [0.1, 0.15) is 48.0 Å². The fourth-order valence-corrected chi connectivity index (χ4v) is 5.90. The van der Waals surface area contributed by atoms with Crippen LogP contribution in [-0.4, -0.2) is 69.3 Å². The summed E-state index contributed by atoms with van der Waals surface area (Å²) in [5.74, 6) is -0.723. The Morgan fingerprint density at radius 3 is 2.60 bits per heavy atom. The fourth-order valence-electron chi connectivity index (χ4n) is 5.07. The number of rotatable bonds is 10. The highest BCUT2D eigenvalue weighted by molar-refractivity contribution is 7.92. The normalized spacial score (nSPS) is 17.8. The van der Waals surface area contributed by atoms with Crippen molar-refractivity contribution in [1.82, 2.24) is 4.98 Å². The van der Waals surface area contributed by atoms with Gasteiger partial charge < -0.3 is 24.8 Å². The molecule has 2 aliphatic heterocycles. The lowest BCUT2D eigenvalue weighted by Crippen LogP contribution is -2.35. The number of benzene rings is 1. The molecule has 3 heterocycles. The molecule has 2 aromatic rings. The quantitative estimate of drug-likeness (QED) is 0.386. The van der Waals surface area contributed by atoms with E-state index in [1.54, 1.807) is 12.1 Å². The van der Waals surface area contributed by atoms with E-state index in [0.29, 0.717) is 42.8 Å². The summed E-state index contributed by atoms with van der Waals surface area (Å²) < 4.78 is 75.6. The van der Waals surface area contributed by atoms with Crippen LogP contribution in [0.4, 0.5) is 30.4 Å². The summed E-state index contributed by atoms with van der Waals surface area (Å²) in [7, 11) is -3.78. The Balaban J connectivity index is 1.39. The zero-order chi connectivity index (χ0) is 28.5. The average Bonchev–Trinajstić information content (AvgIpc) is 3.45. The van der Waals surface area contributed by atoms with Crippen LogP contribution in [0.15, 0.2) is 24.3 Å². The van der Waals surface area contributed by atoms with E-state index in [4.69, 9.17) is 14.6 Å². The minimum absolute atomic E-state index is 0.102. The van der Waals surface area contributed by atoms with Gasteiger partial charge in [-0.25, -0.2) is 8.42 Å². The molecule has 0 radical (unpaired) electrons. The van der Waals surface area contributed by atoms with E-state index in [1.165, 1.54) is 25.0 Å². The standard InChI is InChI=1S/C26H31F3N4O6S/c27-26(28,29)8-13-39-24-22-17(3-12-38-22)15-21(31-24)30-23(35)19-2-1-18(32-40(36,37)14-11-34)16-20(19)33-9-6-25(4-5-25)7-10-33/h1-2,15-16,32,34H,3-14H2,(H,30,31,35). The Labute approximate surface area is 229 Å². The Morgan fingerprint density at radius 2 is 1.93 bits per heavy atom. The molecule has 3 N–H and O–H groups in total. The molecule has 1 aromatic heterocycles. The first-order valence-corrected chi connectivity index (χ1v) is 14.8. The molecule has 1 saturated carbocycles.